The van der Waals surface area contributed by atoms with Crippen LogP contribution in [0.1, 0.15) is 22.2 Å². The zero-order valence-corrected chi connectivity index (χ0v) is 22.7. The van der Waals surface area contributed by atoms with Crippen LogP contribution in [-0.2, 0) is 9.59 Å². The number of carbonyl (C=O) groups is 3. The number of rotatable bonds is 9. The summed E-state index contributed by atoms with van der Waals surface area (Å²) in [6, 6.07) is 26.7. The van der Waals surface area contributed by atoms with Crippen LogP contribution in [0.25, 0.3) is 6.08 Å². The molecule has 192 valence electrons. The van der Waals surface area contributed by atoms with Crippen LogP contribution >= 0.6 is 34.7 Å². The fourth-order valence-electron chi connectivity index (χ4n) is 3.36. The quantitative estimate of drug-likeness (QED) is 0.153. The summed E-state index contributed by atoms with van der Waals surface area (Å²) in [5.74, 6) is -1.04. The first-order chi connectivity index (χ1) is 18.4. The van der Waals surface area contributed by atoms with E-state index in [-0.39, 0.29) is 17.5 Å². The third-order valence-corrected chi connectivity index (χ3v) is 7.51. The highest BCUT2D eigenvalue weighted by molar-refractivity contribution is 8.00. The van der Waals surface area contributed by atoms with Crippen LogP contribution in [0.5, 0.6) is 0 Å². The minimum atomic E-state index is -0.464. The van der Waals surface area contributed by atoms with E-state index in [1.807, 2.05) is 29.6 Å². The minimum Gasteiger partial charge on any atom is -0.324 e. The lowest BCUT2D eigenvalue weighted by atomic mass is 10.2. The molecule has 0 radical (unpaired) electrons. The summed E-state index contributed by atoms with van der Waals surface area (Å²) in [7, 11) is 0. The molecule has 1 heterocycles. The monoisotopic (exact) mass is 561 g/mol. The second kappa shape index (κ2) is 13.1. The Labute approximate surface area is 234 Å². The molecule has 1 unspecified atom stereocenters. The molecule has 0 saturated heterocycles. The zero-order valence-electron chi connectivity index (χ0n) is 20.3. The van der Waals surface area contributed by atoms with Crippen molar-refractivity contribution in [3.8, 4) is 0 Å². The molecule has 38 heavy (non-hydrogen) atoms. The first kappa shape index (κ1) is 27.2. The lowest BCUT2D eigenvalue weighted by Crippen LogP contribution is -2.30. The maximum Gasteiger partial charge on any atom is 0.272 e. The molecule has 0 aliphatic carbocycles. The van der Waals surface area contributed by atoms with Crippen molar-refractivity contribution >= 4 is 69.9 Å². The highest BCUT2D eigenvalue weighted by atomic mass is 35.5. The third kappa shape index (κ3) is 7.58. The Hall–Kier alpha value is -3.85. The number of carbonyl (C=O) groups excluding carboxylic acids is 3. The van der Waals surface area contributed by atoms with Gasteiger partial charge in [0.1, 0.15) is 5.70 Å². The van der Waals surface area contributed by atoms with Gasteiger partial charge in [0.05, 0.1) is 16.0 Å². The summed E-state index contributed by atoms with van der Waals surface area (Å²) in [6.45, 7) is 1.79. The van der Waals surface area contributed by atoms with Crippen LogP contribution in [0.4, 0.5) is 11.4 Å². The Balaban J connectivity index is 1.45. The standard InChI is InChI=1S/C29H24ClN3O3S2/c1-19(27(34)32-25-15-6-5-14-24(25)30)38-23-12-7-11-21(17-23)31-29(36)26(18-22-13-8-16-37-22)33-28(35)20-9-3-2-4-10-20/h2-19H,1H3,(H,31,36)(H,32,34)(H,33,35)/b26-18-. The van der Waals surface area contributed by atoms with E-state index in [1.54, 1.807) is 79.7 Å². The maximum atomic E-state index is 13.2. The number of halogens is 1. The van der Waals surface area contributed by atoms with Gasteiger partial charge in [-0.05, 0) is 66.9 Å². The molecule has 0 aliphatic rings. The van der Waals surface area contributed by atoms with Gasteiger partial charge in [0.25, 0.3) is 11.8 Å². The molecular weight excluding hydrogens is 538 g/mol. The van der Waals surface area contributed by atoms with Gasteiger partial charge in [0.15, 0.2) is 0 Å². The van der Waals surface area contributed by atoms with Crippen LogP contribution in [0, 0.1) is 0 Å². The number of anilines is 2. The molecule has 0 saturated carbocycles. The molecular formula is C29H24ClN3O3S2. The Bertz CT molecular complexity index is 1460. The first-order valence-corrected chi connectivity index (χ1v) is 13.8. The average Bonchev–Trinajstić information content (AvgIpc) is 3.43. The number of thioether (sulfide) groups is 1. The molecule has 0 aliphatic heterocycles. The van der Waals surface area contributed by atoms with E-state index in [0.29, 0.717) is 22.0 Å². The fraction of sp³-hybridized carbons (Fsp3) is 0.0690. The van der Waals surface area contributed by atoms with Crippen molar-refractivity contribution in [3.05, 3.63) is 118 Å². The summed E-state index contributed by atoms with van der Waals surface area (Å²) in [5, 5.41) is 10.4. The molecule has 4 rings (SSSR count). The van der Waals surface area contributed by atoms with Gasteiger partial charge < -0.3 is 16.0 Å². The molecule has 0 bridgehead atoms. The maximum absolute atomic E-state index is 13.2. The van der Waals surface area contributed by atoms with Crippen LogP contribution in [0.3, 0.4) is 0 Å². The smallest absolute Gasteiger partial charge is 0.272 e. The zero-order chi connectivity index (χ0) is 26.9. The summed E-state index contributed by atoms with van der Waals surface area (Å²) < 4.78 is 0. The van der Waals surface area contributed by atoms with Gasteiger partial charge in [-0.1, -0.05) is 54.1 Å². The van der Waals surface area contributed by atoms with E-state index >= 15 is 0 Å². The van der Waals surface area contributed by atoms with E-state index in [9.17, 15) is 14.4 Å². The molecule has 3 amide bonds. The van der Waals surface area contributed by atoms with Gasteiger partial charge in [0.2, 0.25) is 5.91 Å². The summed E-state index contributed by atoms with van der Waals surface area (Å²) in [6.07, 6.45) is 1.64. The van der Waals surface area contributed by atoms with E-state index in [2.05, 4.69) is 16.0 Å². The van der Waals surface area contributed by atoms with Crippen molar-refractivity contribution in [3.63, 3.8) is 0 Å². The molecule has 3 aromatic carbocycles. The minimum absolute atomic E-state index is 0.117. The molecule has 1 atom stereocenters. The third-order valence-electron chi connectivity index (χ3n) is 5.26. The molecule has 3 N–H and O–H groups in total. The normalized spacial score (nSPS) is 11.9. The number of thiophene rings is 1. The van der Waals surface area contributed by atoms with Gasteiger partial charge >= 0.3 is 0 Å². The molecule has 0 spiro atoms. The largest absolute Gasteiger partial charge is 0.324 e. The van der Waals surface area contributed by atoms with Crippen LogP contribution < -0.4 is 16.0 Å². The number of nitrogens with one attached hydrogen (secondary N) is 3. The predicted molar refractivity (Wildman–Crippen MR) is 157 cm³/mol. The van der Waals surface area contributed by atoms with Gasteiger partial charge in [-0.2, -0.15) is 0 Å². The van der Waals surface area contributed by atoms with Crippen molar-refractivity contribution in [2.45, 2.75) is 17.1 Å². The number of hydrogen-bond donors (Lipinski definition) is 3. The molecule has 6 nitrogen and oxygen atoms in total. The molecule has 4 aromatic rings. The van der Waals surface area contributed by atoms with Crippen molar-refractivity contribution in [2.75, 3.05) is 10.6 Å². The number of benzene rings is 3. The van der Waals surface area contributed by atoms with Crippen molar-refractivity contribution < 1.29 is 14.4 Å². The van der Waals surface area contributed by atoms with E-state index in [0.717, 1.165) is 9.77 Å². The van der Waals surface area contributed by atoms with Crippen molar-refractivity contribution in [2.24, 2.45) is 0 Å². The van der Waals surface area contributed by atoms with E-state index < -0.39 is 11.2 Å². The number of hydrogen-bond acceptors (Lipinski definition) is 5. The number of amides is 3. The molecule has 1 aromatic heterocycles. The molecule has 9 heteroatoms. The summed E-state index contributed by atoms with van der Waals surface area (Å²) >= 11 is 8.95. The Morgan fingerprint density at radius 1 is 0.895 bits per heavy atom. The van der Waals surface area contributed by atoms with E-state index in [4.69, 9.17) is 11.6 Å². The topological polar surface area (TPSA) is 87.3 Å². The van der Waals surface area contributed by atoms with Crippen molar-refractivity contribution in [1.82, 2.24) is 5.32 Å². The van der Waals surface area contributed by atoms with Crippen LogP contribution in [0.2, 0.25) is 5.02 Å². The molecule has 0 fully saturated rings. The highest BCUT2D eigenvalue weighted by Crippen LogP contribution is 2.28. The van der Waals surface area contributed by atoms with Crippen LogP contribution in [0.15, 0.2) is 107 Å². The Morgan fingerprint density at radius 2 is 1.66 bits per heavy atom. The SMILES string of the molecule is CC(Sc1cccc(NC(=O)/C(=C/c2cccs2)NC(=O)c2ccccc2)c1)C(=O)Nc1ccccc1Cl. The Morgan fingerprint density at radius 3 is 2.39 bits per heavy atom. The second-order valence-corrected chi connectivity index (χ2v) is 10.9. The van der Waals surface area contributed by atoms with Crippen LogP contribution in [-0.4, -0.2) is 23.0 Å². The van der Waals surface area contributed by atoms with Gasteiger partial charge in [-0.25, -0.2) is 0 Å². The Kier molecular flexibility index (Phi) is 9.37. The lowest BCUT2D eigenvalue weighted by molar-refractivity contribution is -0.115. The number of para-hydroxylation sites is 1. The predicted octanol–water partition coefficient (Wildman–Crippen LogP) is 6.93. The lowest BCUT2D eigenvalue weighted by Gasteiger charge is -2.14. The van der Waals surface area contributed by atoms with E-state index in [1.165, 1.54) is 23.1 Å². The fourth-order valence-corrected chi connectivity index (χ4v) is 5.12. The summed E-state index contributed by atoms with van der Waals surface area (Å²) in [5.41, 5.74) is 1.65. The average molecular weight is 562 g/mol. The van der Waals surface area contributed by atoms with Gasteiger partial charge in [0, 0.05) is 21.0 Å². The first-order valence-electron chi connectivity index (χ1n) is 11.6. The van der Waals surface area contributed by atoms with Crippen molar-refractivity contribution in [1.29, 1.82) is 0 Å². The summed E-state index contributed by atoms with van der Waals surface area (Å²) in [4.78, 5) is 40.3. The van der Waals surface area contributed by atoms with Gasteiger partial charge in [-0.15, -0.1) is 23.1 Å². The highest BCUT2D eigenvalue weighted by Gasteiger charge is 2.18. The van der Waals surface area contributed by atoms with Gasteiger partial charge in [-0.3, -0.25) is 14.4 Å². The second-order valence-electron chi connectivity index (χ2n) is 8.10.